The summed E-state index contributed by atoms with van der Waals surface area (Å²) in [6.45, 7) is 6.58. The third-order valence-corrected chi connectivity index (χ3v) is 4.59. The highest BCUT2D eigenvalue weighted by Crippen LogP contribution is 2.16. The molecule has 0 aromatic carbocycles. The van der Waals surface area contributed by atoms with Crippen molar-refractivity contribution in [2.75, 3.05) is 63.9 Å². The zero-order valence-electron chi connectivity index (χ0n) is 13.5. The Hall–Kier alpha value is -2.26. The van der Waals surface area contributed by atoms with Gasteiger partial charge in [0.25, 0.3) is 0 Å². The fourth-order valence-electron chi connectivity index (χ4n) is 3.19. The monoisotopic (exact) mass is 331 g/mol. The van der Waals surface area contributed by atoms with E-state index in [1.165, 1.54) is 6.33 Å². The van der Waals surface area contributed by atoms with Crippen LogP contribution in [0.2, 0.25) is 0 Å². The van der Waals surface area contributed by atoms with Crippen LogP contribution in [0.15, 0.2) is 18.7 Å². The molecule has 24 heavy (non-hydrogen) atoms. The van der Waals surface area contributed by atoms with Crippen LogP contribution < -0.4 is 4.90 Å². The highest BCUT2D eigenvalue weighted by Gasteiger charge is 2.24. The van der Waals surface area contributed by atoms with E-state index in [0.29, 0.717) is 19.6 Å². The van der Waals surface area contributed by atoms with Gasteiger partial charge in [0.05, 0.1) is 32.2 Å². The Kier molecular flexibility index (Phi) is 4.26. The highest BCUT2D eigenvalue weighted by molar-refractivity contribution is 5.78. The number of anilines is 1. The maximum atomic E-state index is 12.5. The Bertz CT molecular complexity index is 705. The first-order chi connectivity index (χ1) is 11.8. The van der Waals surface area contributed by atoms with E-state index in [4.69, 9.17) is 4.74 Å². The molecule has 9 heteroatoms. The first-order valence-electron chi connectivity index (χ1n) is 8.28. The van der Waals surface area contributed by atoms with Crippen molar-refractivity contribution < 1.29 is 9.53 Å². The second kappa shape index (κ2) is 6.70. The SMILES string of the molecule is O=C(CN1CCOCC1)N1CCN(c2cncc3ncnn23)CC1. The predicted octanol–water partition coefficient (Wildman–Crippen LogP) is -0.895. The average molecular weight is 331 g/mol. The molecule has 9 nitrogen and oxygen atoms in total. The van der Waals surface area contributed by atoms with E-state index in [2.05, 4.69) is 24.9 Å². The van der Waals surface area contributed by atoms with Gasteiger partial charge >= 0.3 is 0 Å². The van der Waals surface area contributed by atoms with Gasteiger partial charge in [0, 0.05) is 39.3 Å². The van der Waals surface area contributed by atoms with Crippen LogP contribution >= 0.6 is 0 Å². The van der Waals surface area contributed by atoms with Crippen LogP contribution in [0.4, 0.5) is 5.82 Å². The van der Waals surface area contributed by atoms with Gasteiger partial charge in [-0.2, -0.15) is 9.61 Å². The Morgan fingerprint density at radius 2 is 1.88 bits per heavy atom. The maximum absolute atomic E-state index is 12.5. The molecule has 2 aromatic rings. The number of nitrogens with zero attached hydrogens (tertiary/aromatic N) is 7. The third-order valence-electron chi connectivity index (χ3n) is 4.59. The molecule has 0 saturated carbocycles. The summed E-state index contributed by atoms with van der Waals surface area (Å²) < 4.78 is 7.12. The Labute approximate surface area is 139 Å². The number of aromatic nitrogens is 4. The van der Waals surface area contributed by atoms with E-state index in [0.717, 1.165) is 50.9 Å². The van der Waals surface area contributed by atoms with Crippen molar-refractivity contribution in [3.63, 3.8) is 0 Å². The van der Waals surface area contributed by atoms with Crippen LogP contribution in [0.25, 0.3) is 5.65 Å². The molecular weight excluding hydrogens is 310 g/mol. The second-order valence-corrected chi connectivity index (χ2v) is 6.05. The minimum atomic E-state index is 0.202. The van der Waals surface area contributed by atoms with Gasteiger partial charge in [-0.15, -0.1) is 0 Å². The quantitative estimate of drug-likeness (QED) is 0.721. The van der Waals surface area contributed by atoms with Crippen LogP contribution in [-0.4, -0.2) is 94.3 Å². The van der Waals surface area contributed by atoms with E-state index in [9.17, 15) is 4.79 Å². The largest absolute Gasteiger partial charge is 0.379 e. The van der Waals surface area contributed by atoms with Gasteiger partial charge in [-0.25, -0.2) is 4.98 Å². The van der Waals surface area contributed by atoms with Crippen LogP contribution in [0, 0.1) is 0 Å². The number of rotatable bonds is 3. The zero-order valence-corrected chi connectivity index (χ0v) is 13.5. The molecule has 0 radical (unpaired) electrons. The highest BCUT2D eigenvalue weighted by atomic mass is 16.5. The summed E-state index contributed by atoms with van der Waals surface area (Å²) in [5.41, 5.74) is 0.735. The topological polar surface area (TPSA) is 79.1 Å². The Morgan fingerprint density at radius 1 is 1.08 bits per heavy atom. The molecule has 0 bridgehead atoms. The molecule has 0 atom stereocenters. The van der Waals surface area contributed by atoms with Crippen LogP contribution in [0.1, 0.15) is 0 Å². The van der Waals surface area contributed by atoms with Gasteiger partial charge in [-0.1, -0.05) is 0 Å². The first-order valence-corrected chi connectivity index (χ1v) is 8.28. The fraction of sp³-hybridized carbons (Fsp3) is 0.600. The van der Waals surface area contributed by atoms with Crippen LogP contribution in [0.3, 0.4) is 0 Å². The maximum Gasteiger partial charge on any atom is 0.236 e. The number of amides is 1. The molecule has 128 valence electrons. The van der Waals surface area contributed by atoms with Crippen molar-refractivity contribution in [2.24, 2.45) is 0 Å². The molecule has 2 fully saturated rings. The number of carbonyl (C=O) groups excluding carboxylic acids is 1. The molecule has 4 rings (SSSR count). The van der Waals surface area contributed by atoms with E-state index < -0.39 is 0 Å². The minimum absolute atomic E-state index is 0.202. The standard InChI is InChI=1S/C15H21N7O2/c23-15(11-19-5-7-24-8-6-19)21-3-1-20(2-4-21)14-10-16-9-13-17-12-18-22(13)14/h9-10,12H,1-8,11H2. The van der Waals surface area contributed by atoms with E-state index in [1.807, 2.05) is 4.90 Å². The molecular formula is C15H21N7O2. The summed E-state index contributed by atoms with van der Waals surface area (Å²) in [5.74, 6) is 1.12. The summed E-state index contributed by atoms with van der Waals surface area (Å²) in [5, 5.41) is 4.25. The average Bonchev–Trinajstić information content (AvgIpc) is 3.11. The zero-order chi connectivity index (χ0) is 16.4. The lowest BCUT2D eigenvalue weighted by molar-refractivity contribution is -0.133. The van der Waals surface area contributed by atoms with E-state index in [-0.39, 0.29) is 5.91 Å². The van der Waals surface area contributed by atoms with Crippen molar-refractivity contribution in [3.05, 3.63) is 18.7 Å². The van der Waals surface area contributed by atoms with Gasteiger partial charge < -0.3 is 14.5 Å². The fourth-order valence-corrected chi connectivity index (χ4v) is 3.19. The van der Waals surface area contributed by atoms with Crippen molar-refractivity contribution >= 4 is 17.4 Å². The number of hydrogen-bond donors (Lipinski definition) is 0. The lowest BCUT2D eigenvalue weighted by Gasteiger charge is -2.37. The number of fused-ring (bicyclic) bond motifs is 1. The molecule has 2 aromatic heterocycles. The minimum Gasteiger partial charge on any atom is -0.379 e. The molecule has 1 amide bonds. The lowest BCUT2D eigenvalue weighted by Crippen LogP contribution is -2.52. The summed E-state index contributed by atoms with van der Waals surface area (Å²) >= 11 is 0. The molecule has 0 aliphatic carbocycles. The molecule has 2 aliphatic rings. The molecule has 2 aliphatic heterocycles. The molecule has 0 unspecified atom stereocenters. The van der Waals surface area contributed by atoms with E-state index in [1.54, 1.807) is 16.9 Å². The van der Waals surface area contributed by atoms with Gasteiger partial charge in [-0.05, 0) is 0 Å². The molecule has 4 heterocycles. The van der Waals surface area contributed by atoms with Crippen molar-refractivity contribution in [1.29, 1.82) is 0 Å². The van der Waals surface area contributed by atoms with Gasteiger partial charge in [0.2, 0.25) is 5.91 Å². The Morgan fingerprint density at radius 3 is 2.67 bits per heavy atom. The summed E-state index contributed by atoms with van der Waals surface area (Å²) in [6.07, 6.45) is 5.02. The summed E-state index contributed by atoms with van der Waals surface area (Å²) in [6, 6.07) is 0. The number of carbonyl (C=O) groups is 1. The number of ether oxygens (including phenoxy) is 1. The molecule has 2 saturated heterocycles. The van der Waals surface area contributed by atoms with E-state index >= 15 is 0 Å². The Balaban J connectivity index is 1.36. The lowest BCUT2D eigenvalue weighted by atomic mass is 10.3. The van der Waals surface area contributed by atoms with Gasteiger partial charge in [-0.3, -0.25) is 14.7 Å². The summed E-state index contributed by atoms with van der Waals surface area (Å²) in [4.78, 5) is 27.2. The third kappa shape index (κ3) is 3.04. The molecule has 0 spiro atoms. The first kappa shape index (κ1) is 15.3. The van der Waals surface area contributed by atoms with Crippen molar-refractivity contribution in [3.8, 4) is 0 Å². The normalized spacial score (nSPS) is 19.8. The van der Waals surface area contributed by atoms with Crippen LogP contribution in [-0.2, 0) is 9.53 Å². The van der Waals surface area contributed by atoms with Gasteiger partial charge in [0.15, 0.2) is 11.5 Å². The van der Waals surface area contributed by atoms with Crippen LogP contribution in [0.5, 0.6) is 0 Å². The smallest absolute Gasteiger partial charge is 0.236 e. The van der Waals surface area contributed by atoms with Crippen molar-refractivity contribution in [1.82, 2.24) is 29.4 Å². The molecule has 0 N–H and O–H groups in total. The predicted molar refractivity (Wildman–Crippen MR) is 86.8 cm³/mol. The number of hydrogen-bond acceptors (Lipinski definition) is 7. The second-order valence-electron chi connectivity index (χ2n) is 6.05. The number of piperazine rings is 1. The summed E-state index contributed by atoms with van der Waals surface area (Å²) in [7, 11) is 0. The van der Waals surface area contributed by atoms with Gasteiger partial charge in [0.1, 0.15) is 6.33 Å². The number of morpholine rings is 1. The van der Waals surface area contributed by atoms with Crippen molar-refractivity contribution in [2.45, 2.75) is 0 Å².